The molecule has 0 aromatic heterocycles. The molecule has 0 unspecified atom stereocenters. The first-order valence-electron chi connectivity index (χ1n) is 9.26. The molecular formula is C21H29N3O3. The molecule has 0 saturated heterocycles. The molecule has 0 bridgehead atoms. The van der Waals surface area contributed by atoms with Gasteiger partial charge in [-0.25, -0.2) is 4.99 Å². The van der Waals surface area contributed by atoms with E-state index in [1.54, 1.807) is 7.11 Å². The summed E-state index contributed by atoms with van der Waals surface area (Å²) >= 11 is 0. The molecule has 0 fully saturated rings. The van der Waals surface area contributed by atoms with E-state index in [1.165, 1.54) is 0 Å². The minimum atomic E-state index is 0.541. The van der Waals surface area contributed by atoms with Gasteiger partial charge in [0, 0.05) is 6.54 Å². The predicted octanol–water partition coefficient (Wildman–Crippen LogP) is 3.23. The largest absolute Gasteiger partial charge is 0.493 e. The van der Waals surface area contributed by atoms with Gasteiger partial charge in [0.2, 0.25) is 0 Å². The van der Waals surface area contributed by atoms with Crippen LogP contribution < -0.4 is 24.8 Å². The molecule has 2 aromatic carbocycles. The standard InChI is InChI=1S/C21H29N3O3/c1-4-22-21(23-13-14-27-18-9-7-6-8-10-18)24-16-17-11-12-19(25-3)20(15-17)26-5-2/h6-12,15H,4-5,13-14,16H2,1-3H3,(H2,22,23,24). The normalized spacial score (nSPS) is 11.0. The smallest absolute Gasteiger partial charge is 0.191 e. The van der Waals surface area contributed by atoms with E-state index in [4.69, 9.17) is 14.2 Å². The molecule has 2 aromatic rings. The Kier molecular flexibility index (Phi) is 8.83. The number of aliphatic imine (C=N–C) groups is 1. The topological polar surface area (TPSA) is 64.1 Å². The quantitative estimate of drug-likeness (QED) is 0.381. The third kappa shape index (κ3) is 7.09. The highest BCUT2D eigenvalue weighted by Gasteiger charge is 2.05. The van der Waals surface area contributed by atoms with E-state index in [0.29, 0.717) is 26.3 Å². The van der Waals surface area contributed by atoms with Crippen LogP contribution in [0.25, 0.3) is 0 Å². The fourth-order valence-corrected chi connectivity index (χ4v) is 2.45. The third-order valence-electron chi connectivity index (χ3n) is 3.70. The highest BCUT2D eigenvalue weighted by atomic mass is 16.5. The second-order valence-corrected chi connectivity index (χ2v) is 5.70. The molecule has 0 aliphatic rings. The summed E-state index contributed by atoms with van der Waals surface area (Å²) in [6.07, 6.45) is 0. The van der Waals surface area contributed by atoms with Crippen molar-refractivity contribution < 1.29 is 14.2 Å². The second kappa shape index (κ2) is 11.7. The third-order valence-corrected chi connectivity index (χ3v) is 3.70. The maximum atomic E-state index is 5.69. The zero-order valence-electron chi connectivity index (χ0n) is 16.3. The summed E-state index contributed by atoms with van der Waals surface area (Å²) in [6.45, 7) is 7.14. The van der Waals surface area contributed by atoms with Gasteiger partial charge in [-0.2, -0.15) is 0 Å². The Labute approximate surface area is 161 Å². The summed E-state index contributed by atoms with van der Waals surface area (Å²) in [5.41, 5.74) is 1.05. The Bertz CT molecular complexity index is 705. The number of benzene rings is 2. The van der Waals surface area contributed by atoms with Crippen molar-refractivity contribution in [2.75, 3.05) is 33.4 Å². The van der Waals surface area contributed by atoms with Crippen LogP contribution in [0.3, 0.4) is 0 Å². The van der Waals surface area contributed by atoms with Crippen molar-refractivity contribution in [3.8, 4) is 17.2 Å². The van der Waals surface area contributed by atoms with E-state index in [1.807, 2.05) is 62.4 Å². The van der Waals surface area contributed by atoms with E-state index in [9.17, 15) is 0 Å². The average Bonchev–Trinajstić information content (AvgIpc) is 2.70. The van der Waals surface area contributed by atoms with Crippen LogP contribution in [0.15, 0.2) is 53.5 Å². The number of para-hydroxylation sites is 1. The molecule has 6 nitrogen and oxygen atoms in total. The summed E-state index contributed by atoms with van der Waals surface area (Å²) in [6, 6.07) is 15.6. The molecule has 6 heteroatoms. The molecule has 2 N–H and O–H groups in total. The number of hydrogen-bond acceptors (Lipinski definition) is 4. The summed E-state index contributed by atoms with van der Waals surface area (Å²) in [4.78, 5) is 4.63. The van der Waals surface area contributed by atoms with Crippen molar-refractivity contribution in [3.05, 3.63) is 54.1 Å². The van der Waals surface area contributed by atoms with Crippen molar-refractivity contribution in [1.82, 2.24) is 10.6 Å². The Morgan fingerprint density at radius 1 is 0.963 bits per heavy atom. The van der Waals surface area contributed by atoms with Gasteiger partial charge >= 0.3 is 0 Å². The Balaban J connectivity index is 1.89. The summed E-state index contributed by atoms with van der Waals surface area (Å²) < 4.78 is 16.6. The maximum Gasteiger partial charge on any atom is 0.191 e. The lowest BCUT2D eigenvalue weighted by atomic mass is 10.2. The highest BCUT2D eigenvalue weighted by Crippen LogP contribution is 2.28. The monoisotopic (exact) mass is 371 g/mol. The van der Waals surface area contributed by atoms with Gasteiger partial charge in [0.25, 0.3) is 0 Å². The van der Waals surface area contributed by atoms with Crippen molar-refractivity contribution in [3.63, 3.8) is 0 Å². The van der Waals surface area contributed by atoms with Crippen molar-refractivity contribution in [2.24, 2.45) is 4.99 Å². The molecule has 0 aliphatic heterocycles. The number of ether oxygens (including phenoxy) is 3. The molecule has 0 atom stereocenters. The first kappa shape index (κ1) is 20.4. The van der Waals surface area contributed by atoms with Gasteiger partial charge in [0.05, 0.1) is 26.8 Å². The minimum absolute atomic E-state index is 0.541. The van der Waals surface area contributed by atoms with E-state index < -0.39 is 0 Å². The number of methoxy groups -OCH3 is 1. The van der Waals surface area contributed by atoms with Gasteiger partial charge in [-0.05, 0) is 43.7 Å². The lowest BCUT2D eigenvalue weighted by molar-refractivity contribution is 0.310. The molecule has 27 heavy (non-hydrogen) atoms. The van der Waals surface area contributed by atoms with E-state index >= 15 is 0 Å². The Hall–Kier alpha value is -2.89. The molecule has 0 aliphatic carbocycles. The molecule has 0 radical (unpaired) electrons. The van der Waals surface area contributed by atoms with Crippen LogP contribution >= 0.6 is 0 Å². The molecule has 2 rings (SSSR count). The molecule has 146 valence electrons. The van der Waals surface area contributed by atoms with Crippen LogP contribution in [0, 0.1) is 0 Å². The van der Waals surface area contributed by atoms with Crippen molar-refractivity contribution in [2.45, 2.75) is 20.4 Å². The van der Waals surface area contributed by atoms with Crippen LogP contribution in [0.2, 0.25) is 0 Å². The summed E-state index contributed by atoms with van der Waals surface area (Å²) in [7, 11) is 1.64. The molecule has 0 amide bonds. The summed E-state index contributed by atoms with van der Waals surface area (Å²) in [5.74, 6) is 3.08. The van der Waals surface area contributed by atoms with Crippen LogP contribution in [0.5, 0.6) is 17.2 Å². The maximum absolute atomic E-state index is 5.69. The SMILES string of the molecule is CCNC(=NCc1ccc(OC)c(OCC)c1)NCCOc1ccccc1. The first-order valence-corrected chi connectivity index (χ1v) is 9.26. The lowest BCUT2D eigenvalue weighted by Crippen LogP contribution is -2.39. The lowest BCUT2D eigenvalue weighted by Gasteiger charge is -2.13. The van der Waals surface area contributed by atoms with Gasteiger partial charge in [-0.3, -0.25) is 0 Å². The van der Waals surface area contributed by atoms with E-state index in [0.717, 1.165) is 35.3 Å². The second-order valence-electron chi connectivity index (χ2n) is 5.70. The minimum Gasteiger partial charge on any atom is -0.493 e. The molecule has 0 heterocycles. The zero-order valence-corrected chi connectivity index (χ0v) is 16.3. The van der Waals surface area contributed by atoms with E-state index in [2.05, 4.69) is 15.6 Å². The molecular weight excluding hydrogens is 342 g/mol. The van der Waals surface area contributed by atoms with Gasteiger partial charge < -0.3 is 24.8 Å². The Morgan fingerprint density at radius 3 is 2.48 bits per heavy atom. The molecule has 0 saturated carbocycles. The van der Waals surface area contributed by atoms with Crippen LogP contribution in [0.4, 0.5) is 0 Å². The van der Waals surface area contributed by atoms with Gasteiger partial charge in [0.15, 0.2) is 17.5 Å². The summed E-state index contributed by atoms with van der Waals surface area (Å²) in [5, 5.41) is 6.52. The first-order chi connectivity index (χ1) is 13.3. The van der Waals surface area contributed by atoms with Crippen molar-refractivity contribution >= 4 is 5.96 Å². The fraction of sp³-hybridized carbons (Fsp3) is 0.381. The molecule has 0 spiro atoms. The van der Waals surface area contributed by atoms with Crippen molar-refractivity contribution in [1.29, 1.82) is 0 Å². The van der Waals surface area contributed by atoms with Gasteiger partial charge in [0.1, 0.15) is 12.4 Å². The number of nitrogens with zero attached hydrogens (tertiary/aromatic N) is 1. The number of guanidine groups is 1. The van der Waals surface area contributed by atoms with E-state index in [-0.39, 0.29) is 0 Å². The Morgan fingerprint density at radius 2 is 1.78 bits per heavy atom. The highest BCUT2D eigenvalue weighted by molar-refractivity contribution is 5.79. The van der Waals surface area contributed by atoms with Gasteiger partial charge in [-0.1, -0.05) is 24.3 Å². The number of hydrogen-bond donors (Lipinski definition) is 2. The van der Waals surface area contributed by atoms with Crippen LogP contribution in [0.1, 0.15) is 19.4 Å². The fourth-order valence-electron chi connectivity index (χ4n) is 2.45. The van der Waals surface area contributed by atoms with Crippen LogP contribution in [-0.4, -0.2) is 39.4 Å². The number of rotatable bonds is 10. The zero-order chi connectivity index (χ0) is 19.3. The average molecular weight is 371 g/mol. The van der Waals surface area contributed by atoms with Gasteiger partial charge in [-0.15, -0.1) is 0 Å². The number of nitrogens with one attached hydrogen (secondary N) is 2. The predicted molar refractivity (Wildman–Crippen MR) is 109 cm³/mol. The van der Waals surface area contributed by atoms with Crippen LogP contribution in [-0.2, 0) is 6.54 Å².